The standard InChI is InChI=1S/C7H11ClN2O3S/c1-4-13-7-6(14(8,11)12)5(2)9-10(7)3/h4H2,1-3H3. The predicted octanol–water partition coefficient (Wildman–Crippen LogP) is 1.05. The highest BCUT2D eigenvalue weighted by molar-refractivity contribution is 8.13. The Morgan fingerprint density at radius 3 is 2.57 bits per heavy atom. The second kappa shape index (κ2) is 3.78. The molecule has 1 aromatic heterocycles. The number of hydrogen-bond acceptors (Lipinski definition) is 4. The molecule has 0 aromatic carbocycles. The normalized spacial score (nSPS) is 11.7. The monoisotopic (exact) mass is 238 g/mol. The first-order chi connectivity index (χ1) is 6.38. The lowest BCUT2D eigenvalue weighted by Crippen LogP contribution is -2.02. The average Bonchev–Trinajstić information content (AvgIpc) is 2.26. The molecule has 0 aliphatic heterocycles. The predicted molar refractivity (Wildman–Crippen MR) is 52.2 cm³/mol. The Kier molecular flexibility index (Phi) is 3.06. The van der Waals surface area contributed by atoms with E-state index in [1.165, 1.54) is 4.68 Å². The van der Waals surface area contributed by atoms with Crippen molar-refractivity contribution >= 4 is 19.7 Å². The third-order valence-corrected chi connectivity index (χ3v) is 3.06. The van der Waals surface area contributed by atoms with E-state index in [0.29, 0.717) is 12.3 Å². The zero-order chi connectivity index (χ0) is 10.9. The minimum absolute atomic E-state index is 0.0523. The van der Waals surface area contributed by atoms with E-state index in [-0.39, 0.29) is 10.8 Å². The summed E-state index contributed by atoms with van der Waals surface area (Å²) in [5.41, 5.74) is 0.339. The molecule has 0 aliphatic rings. The van der Waals surface area contributed by atoms with Crippen molar-refractivity contribution in [1.29, 1.82) is 0 Å². The van der Waals surface area contributed by atoms with Crippen molar-refractivity contribution in [2.75, 3.05) is 6.61 Å². The molecule has 0 amide bonds. The molecule has 1 rings (SSSR count). The van der Waals surface area contributed by atoms with E-state index in [9.17, 15) is 8.42 Å². The SMILES string of the molecule is CCOc1c(S(=O)(=O)Cl)c(C)nn1C. The highest BCUT2D eigenvalue weighted by Crippen LogP contribution is 2.29. The van der Waals surface area contributed by atoms with Gasteiger partial charge in [-0.05, 0) is 13.8 Å². The van der Waals surface area contributed by atoms with E-state index >= 15 is 0 Å². The molecule has 0 fully saturated rings. The molecule has 0 saturated carbocycles. The maximum Gasteiger partial charge on any atom is 0.268 e. The zero-order valence-electron chi connectivity index (χ0n) is 8.11. The van der Waals surface area contributed by atoms with Crippen LogP contribution in [0.25, 0.3) is 0 Å². The summed E-state index contributed by atoms with van der Waals surface area (Å²) in [6.07, 6.45) is 0. The Bertz CT molecular complexity index is 438. The van der Waals surface area contributed by atoms with Gasteiger partial charge < -0.3 is 4.74 Å². The minimum Gasteiger partial charge on any atom is -0.477 e. The maximum absolute atomic E-state index is 11.2. The summed E-state index contributed by atoms with van der Waals surface area (Å²) in [4.78, 5) is -0.0523. The first kappa shape index (κ1) is 11.3. The molecule has 0 atom stereocenters. The van der Waals surface area contributed by atoms with Gasteiger partial charge >= 0.3 is 0 Å². The first-order valence-electron chi connectivity index (χ1n) is 3.99. The van der Waals surface area contributed by atoms with Gasteiger partial charge in [0.2, 0.25) is 5.88 Å². The highest BCUT2D eigenvalue weighted by atomic mass is 35.7. The molecule has 1 aromatic rings. The molecule has 0 bridgehead atoms. The van der Waals surface area contributed by atoms with E-state index in [1.807, 2.05) is 0 Å². The summed E-state index contributed by atoms with van der Waals surface area (Å²) in [5, 5.41) is 3.92. The number of nitrogens with zero attached hydrogens (tertiary/aromatic N) is 2. The maximum atomic E-state index is 11.2. The van der Waals surface area contributed by atoms with Crippen LogP contribution in [-0.2, 0) is 16.1 Å². The molecule has 0 spiro atoms. The molecule has 0 saturated heterocycles. The number of hydrogen-bond donors (Lipinski definition) is 0. The Labute approximate surface area is 87.0 Å². The van der Waals surface area contributed by atoms with Crippen molar-refractivity contribution in [3.8, 4) is 5.88 Å². The lowest BCUT2D eigenvalue weighted by Gasteiger charge is -2.03. The van der Waals surface area contributed by atoms with E-state index in [2.05, 4.69) is 5.10 Å². The van der Waals surface area contributed by atoms with Gasteiger partial charge in [-0.15, -0.1) is 0 Å². The van der Waals surface area contributed by atoms with Crippen LogP contribution in [0.1, 0.15) is 12.6 Å². The van der Waals surface area contributed by atoms with E-state index < -0.39 is 9.05 Å². The summed E-state index contributed by atoms with van der Waals surface area (Å²) >= 11 is 0. The Balaban J connectivity index is 3.40. The van der Waals surface area contributed by atoms with Crippen LogP contribution in [0.2, 0.25) is 0 Å². The Morgan fingerprint density at radius 1 is 1.57 bits per heavy atom. The molecule has 0 radical (unpaired) electrons. The van der Waals surface area contributed by atoms with Gasteiger partial charge in [0.25, 0.3) is 9.05 Å². The van der Waals surface area contributed by atoms with Crippen LogP contribution in [-0.4, -0.2) is 24.8 Å². The lowest BCUT2D eigenvalue weighted by molar-refractivity contribution is 0.301. The van der Waals surface area contributed by atoms with Gasteiger partial charge in [0.1, 0.15) is 0 Å². The van der Waals surface area contributed by atoms with Crippen molar-refractivity contribution in [1.82, 2.24) is 9.78 Å². The van der Waals surface area contributed by atoms with Crippen molar-refractivity contribution in [2.24, 2.45) is 7.05 Å². The summed E-state index contributed by atoms with van der Waals surface area (Å²) < 4.78 is 28.9. The second-order valence-corrected chi connectivity index (χ2v) is 5.22. The van der Waals surface area contributed by atoms with Crippen LogP contribution < -0.4 is 4.74 Å². The van der Waals surface area contributed by atoms with Gasteiger partial charge in [0.05, 0.1) is 12.3 Å². The molecule has 1 heterocycles. The third kappa shape index (κ3) is 2.01. The Morgan fingerprint density at radius 2 is 2.14 bits per heavy atom. The van der Waals surface area contributed by atoms with Gasteiger partial charge in [0.15, 0.2) is 4.90 Å². The van der Waals surface area contributed by atoms with Gasteiger partial charge in [-0.3, -0.25) is 0 Å². The summed E-state index contributed by atoms with van der Waals surface area (Å²) in [6.45, 7) is 3.68. The molecule has 80 valence electrons. The number of ether oxygens (including phenoxy) is 1. The average molecular weight is 239 g/mol. The summed E-state index contributed by atoms with van der Waals surface area (Å²) in [6, 6.07) is 0. The van der Waals surface area contributed by atoms with Gasteiger partial charge in [-0.25, -0.2) is 13.1 Å². The lowest BCUT2D eigenvalue weighted by atomic mass is 10.5. The van der Waals surface area contributed by atoms with Gasteiger partial charge in [-0.2, -0.15) is 5.10 Å². The van der Waals surface area contributed by atoms with E-state index in [4.69, 9.17) is 15.4 Å². The van der Waals surface area contributed by atoms with E-state index in [0.717, 1.165) is 0 Å². The van der Waals surface area contributed by atoms with Crippen molar-refractivity contribution in [3.05, 3.63) is 5.69 Å². The highest BCUT2D eigenvalue weighted by Gasteiger charge is 2.25. The number of aryl methyl sites for hydroxylation is 2. The fourth-order valence-electron chi connectivity index (χ4n) is 1.19. The van der Waals surface area contributed by atoms with Crippen molar-refractivity contribution < 1.29 is 13.2 Å². The van der Waals surface area contributed by atoms with Crippen LogP contribution in [0.5, 0.6) is 5.88 Å². The van der Waals surface area contributed by atoms with Crippen LogP contribution in [0, 0.1) is 6.92 Å². The molecule has 0 N–H and O–H groups in total. The van der Waals surface area contributed by atoms with Crippen LogP contribution in [0.4, 0.5) is 0 Å². The van der Waals surface area contributed by atoms with Gasteiger partial charge in [0, 0.05) is 17.7 Å². The smallest absolute Gasteiger partial charge is 0.268 e. The molecular weight excluding hydrogens is 228 g/mol. The van der Waals surface area contributed by atoms with E-state index in [1.54, 1.807) is 20.9 Å². The van der Waals surface area contributed by atoms with Crippen molar-refractivity contribution in [2.45, 2.75) is 18.7 Å². The number of rotatable bonds is 3. The largest absolute Gasteiger partial charge is 0.477 e. The molecule has 0 unspecified atom stereocenters. The molecule has 7 heteroatoms. The fourth-order valence-corrected chi connectivity index (χ4v) is 2.52. The minimum atomic E-state index is -3.80. The van der Waals surface area contributed by atoms with Crippen LogP contribution in [0.15, 0.2) is 4.90 Å². The van der Waals surface area contributed by atoms with Crippen LogP contribution in [0.3, 0.4) is 0 Å². The van der Waals surface area contributed by atoms with Crippen LogP contribution >= 0.6 is 10.7 Å². The number of aromatic nitrogens is 2. The zero-order valence-corrected chi connectivity index (χ0v) is 9.68. The molecule has 14 heavy (non-hydrogen) atoms. The second-order valence-electron chi connectivity index (χ2n) is 2.71. The first-order valence-corrected chi connectivity index (χ1v) is 6.30. The number of halogens is 1. The quantitative estimate of drug-likeness (QED) is 0.739. The fraction of sp³-hybridized carbons (Fsp3) is 0.571. The van der Waals surface area contributed by atoms with Crippen molar-refractivity contribution in [3.63, 3.8) is 0 Å². The summed E-state index contributed by atoms with van der Waals surface area (Å²) in [7, 11) is 3.06. The summed E-state index contributed by atoms with van der Waals surface area (Å²) in [5.74, 6) is 0.181. The molecule has 0 aliphatic carbocycles. The molecular formula is C7H11ClN2O3S. The third-order valence-electron chi connectivity index (χ3n) is 1.64. The Hall–Kier alpha value is -0.750. The topological polar surface area (TPSA) is 61.2 Å². The van der Waals surface area contributed by atoms with Gasteiger partial charge in [-0.1, -0.05) is 0 Å². The molecule has 5 nitrogen and oxygen atoms in total.